The van der Waals surface area contributed by atoms with Crippen molar-refractivity contribution in [3.05, 3.63) is 79.8 Å². The van der Waals surface area contributed by atoms with E-state index in [1.54, 1.807) is 17.4 Å². The standard InChI is InChI=1S/C24H20ClN5OS2/c1-13-10-16(15(3)29(13)20-8-4-7-19(25)14(20)2)11-18-22(26)30-24(27-23(18)31)33-21(28-30)12-17-6-5-9-32-17/h4-11,26H,12H2,1-3H3/b18-11+,26-22?. The zero-order valence-corrected chi connectivity index (χ0v) is 20.6. The highest BCUT2D eigenvalue weighted by atomic mass is 35.5. The molecule has 0 saturated heterocycles. The second kappa shape index (κ2) is 8.44. The molecule has 0 saturated carbocycles. The first kappa shape index (κ1) is 21.9. The van der Waals surface area contributed by atoms with E-state index in [2.05, 4.69) is 14.7 Å². The summed E-state index contributed by atoms with van der Waals surface area (Å²) in [5.74, 6) is -0.377. The van der Waals surface area contributed by atoms with Crippen LogP contribution in [0, 0.1) is 26.2 Å². The molecule has 0 radical (unpaired) electrons. The molecule has 2 aliphatic heterocycles. The SMILES string of the molecule is Cc1c(Cl)cccc1-n1c(C)cc(/C=C2\C(=N)N3N=C(Cc4cccs4)SC3=NC2=O)c1C. The van der Waals surface area contributed by atoms with E-state index >= 15 is 0 Å². The lowest BCUT2D eigenvalue weighted by molar-refractivity contribution is -0.114. The molecule has 2 aromatic heterocycles. The highest BCUT2D eigenvalue weighted by Crippen LogP contribution is 2.32. The highest BCUT2D eigenvalue weighted by Gasteiger charge is 2.35. The molecule has 0 fully saturated rings. The number of hydrazone groups is 1. The number of benzene rings is 1. The monoisotopic (exact) mass is 493 g/mol. The van der Waals surface area contributed by atoms with Crippen molar-refractivity contribution in [1.82, 2.24) is 9.58 Å². The average Bonchev–Trinajstić information content (AvgIpc) is 3.48. The third kappa shape index (κ3) is 3.88. The van der Waals surface area contributed by atoms with Crippen LogP contribution in [0.2, 0.25) is 5.02 Å². The Labute approximate surface area is 204 Å². The minimum Gasteiger partial charge on any atom is -0.318 e. The number of halogens is 1. The van der Waals surface area contributed by atoms with Gasteiger partial charge in [-0.25, -0.2) is 0 Å². The van der Waals surface area contributed by atoms with E-state index in [0.29, 0.717) is 16.6 Å². The Morgan fingerprint density at radius 1 is 1.18 bits per heavy atom. The number of rotatable bonds is 4. The number of aliphatic imine (C=N–C) groups is 1. The average molecular weight is 494 g/mol. The molecule has 1 amide bonds. The van der Waals surface area contributed by atoms with E-state index in [9.17, 15) is 4.79 Å². The van der Waals surface area contributed by atoms with Crippen LogP contribution in [0.4, 0.5) is 0 Å². The summed E-state index contributed by atoms with van der Waals surface area (Å²) in [6.07, 6.45) is 2.40. The van der Waals surface area contributed by atoms with Gasteiger partial charge in [-0.2, -0.15) is 15.1 Å². The minimum absolute atomic E-state index is 0.0439. The lowest BCUT2D eigenvalue weighted by Crippen LogP contribution is -2.35. The number of carbonyl (C=O) groups is 1. The van der Waals surface area contributed by atoms with Crippen LogP contribution < -0.4 is 0 Å². The lowest BCUT2D eigenvalue weighted by atomic mass is 10.1. The Hall–Kier alpha value is -2.94. The van der Waals surface area contributed by atoms with Crippen molar-refractivity contribution in [2.24, 2.45) is 10.1 Å². The second-order valence-electron chi connectivity index (χ2n) is 7.82. The summed E-state index contributed by atoms with van der Waals surface area (Å²) in [5.41, 5.74) is 5.02. The van der Waals surface area contributed by atoms with Crippen LogP contribution in [-0.4, -0.2) is 31.5 Å². The van der Waals surface area contributed by atoms with Gasteiger partial charge in [-0.15, -0.1) is 11.3 Å². The van der Waals surface area contributed by atoms with Crippen molar-refractivity contribution in [2.75, 3.05) is 0 Å². The fraction of sp³-hybridized carbons (Fsp3) is 0.167. The number of hydrogen-bond acceptors (Lipinski definition) is 5. The van der Waals surface area contributed by atoms with Crippen molar-refractivity contribution in [3.63, 3.8) is 0 Å². The van der Waals surface area contributed by atoms with Crippen molar-refractivity contribution in [2.45, 2.75) is 27.2 Å². The van der Waals surface area contributed by atoms with Crippen LogP contribution in [0.15, 0.2) is 57.4 Å². The van der Waals surface area contributed by atoms with Crippen molar-refractivity contribution >= 4 is 62.7 Å². The van der Waals surface area contributed by atoms with Gasteiger partial charge in [0.15, 0.2) is 5.84 Å². The molecule has 4 heterocycles. The molecule has 5 rings (SSSR count). The molecule has 9 heteroatoms. The fourth-order valence-corrected chi connectivity index (χ4v) is 5.84. The normalized spacial score (nSPS) is 17.0. The summed E-state index contributed by atoms with van der Waals surface area (Å²) in [6, 6.07) is 11.9. The molecular formula is C24H20ClN5OS2. The van der Waals surface area contributed by atoms with Gasteiger partial charge in [0.2, 0.25) is 5.17 Å². The van der Waals surface area contributed by atoms with Crippen LogP contribution >= 0.6 is 34.7 Å². The van der Waals surface area contributed by atoms with E-state index < -0.39 is 5.91 Å². The van der Waals surface area contributed by atoms with Gasteiger partial charge in [-0.3, -0.25) is 10.2 Å². The molecule has 2 aliphatic rings. The maximum Gasteiger partial charge on any atom is 0.283 e. The Kier molecular flexibility index (Phi) is 5.60. The molecule has 1 N–H and O–H groups in total. The fourth-order valence-electron chi connectivity index (χ4n) is 3.96. The predicted octanol–water partition coefficient (Wildman–Crippen LogP) is 5.98. The van der Waals surface area contributed by atoms with E-state index in [0.717, 1.165) is 33.2 Å². The number of nitrogens with one attached hydrogen (secondary N) is 1. The molecule has 6 nitrogen and oxygen atoms in total. The number of hydrogen-bond donors (Lipinski definition) is 1. The third-order valence-corrected chi connectivity index (χ3v) is 7.85. The molecule has 0 unspecified atom stereocenters. The number of carbonyl (C=O) groups excluding carboxylic acids is 1. The zero-order chi connectivity index (χ0) is 23.3. The highest BCUT2D eigenvalue weighted by molar-refractivity contribution is 8.27. The zero-order valence-electron chi connectivity index (χ0n) is 18.2. The van der Waals surface area contributed by atoms with Crippen molar-refractivity contribution in [1.29, 1.82) is 5.41 Å². The number of aryl methyl sites for hydroxylation is 1. The number of amides is 1. The number of fused-ring (bicyclic) bond motifs is 1. The van der Waals surface area contributed by atoms with Crippen LogP contribution in [0.1, 0.15) is 27.4 Å². The van der Waals surface area contributed by atoms with Crippen LogP contribution in [-0.2, 0) is 11.2 Å². The van der Waals surface area contributed by atoms with E-state index in [1.165, 1.54) is 21.6 Å². The number of thiophene rings is 1. The summed E-state index contributed by atoms with van der Waals surface area (Å²) in [7, 11) is 0. The van der Waals surface area contributed by atoms with Gasteiger partial charge in [-0.05, 0) is 79.4 Å². The van der Waals surface area contributed by atoms with Gasteiger partial charge in [0, 0.05) is 33.4 Å². The van der Waals surface area contributed by atoms with Crippen molar-refractivity contribution in [3.8, 4) is 5.69 Å². The summed E-state index contributed by atoms with van der Waals surface area (Å²) in [5, 5.41) is 18.7. The van der Waals surface area contributed by atoms with E-state index in [4.69, 9.17) is 17.0 Å². The Bertz CT molecular complexity index is 1400. The molecule has 0 atom stereocenters. The van der Waals surface area contributed by atoms with Gasteiger partial charge < -0.3 is 4.57 Å². The topological polar surface area (TPSA) is 73.8 Å². The maximum atomic E-state index is 12.8. The van der Waals surface area contributed by atoms with Gasteiger partial charge in [0.25, 0.3) is 5.91 Å². The molecule has 0 aliphatic carbocycles. The van der Waals surface area contributed by atoms with Gasteiger partial charge in [0.1, 0.15) is 5.04 Å². The maximum absolute atomic E-state index is 12.8. The minimum atomic E-state index is -0.421. The van der Waals surface area contributed by atoms with Gasteiger partial charge in [-0.1, -0.05) is 23.7 Å². The molecule has 0 spiro atoms. The quantitative estimate of drug-likeness (QED) is 0.454. The molecule has 1 aromatic carbocycles. The lowest BCUT2D eigenvalue weighted by Gasteiger charge is -2.20. The van der Waals surface area contributed by atoms with E-state index in [1.807, 2.05) is 62.5 Å². The smallest absolute Gasteiger partial charge is 0.283 e. The Balaban J connectivity index is 1.49. The Morgan fingerprint density at radius 3 is 2.76 bits per heavy atom. The molecule has 166 valence electrons. The van der Waals surface area contributed by atoms with E-state index in [-0.39, 0.29) is 11.4 Å². The van der Waals surface area contributed by atoms with Crippen LogP contribution in [0.3, 0.4) is 0 Å². The van der Waals surface area contributed by atoms with Crippen LogP contribution in [0.25, 0.3) is 11.8 Å². The number of nitrogens with zero attached hydrogens (tertiary/aromatic N) is 4. The van der Waals surface area contributed by atoms with Crippen LogP contribution in [0.5, 0.6) is 0 Å². The predicted molar refractivity (Wildman–Crippen MR) is 138 cm³/mol. The molecule has 3 aromatic rings. The summed E-state index contributed by atoms with van der Waals surface area (Å²) < 4.78 is 2.11. The number of thioether (sulfide) groups is 1. The van der Waals surface area contributed by atoms with Gasteiger partial charge in [0.05, 0.1) is 5.57 Å². The van der Waals surface area contributed by atoms with Gasteiger partial charge >= 0.3 is 0 Å². The number of aromatic nitrogens is 1. The Morgan fingerprint density at radius 2 is 2.00 bits per heavy atom. The largest absolute Gasteiger partial charge is 0.318 e. The third-order valence-electron chi connectivity index (χ3n) is 5.65. The molecule has 0 bridgehead atoms. The first-order valence-electron chi connectivity index (χ1n) is 10.3. The number of amidine groups is 2. The summed E-state index contributed by atoms with van der Waals surface area (Å²) in [4.78, 5) is 18.2. The molecule has 33 heavy (non-hydrogen) atoms. The first-order chi connectivity index (χ1) is 15.8. The first-order valence-corrected chi connectivity index (χ1v) is 12.4. The second-order valence-corrected chi connectivity index (χ2v) is 10.3. The molecular weight excluding hydrogens is 474 g/mol. The van der Waals surface area contributed by atoms with Crippen molar-refractivity contribution < 1.29 is 4.79 Å². The summed E-state index contributed by atoms with van der Waals surface area (Å²) >= 11 is 9.35. The summed E-state index contributed by atoms with van der Waals surface area (Å²) in [6.45, 7) is 5.99.